The molecule has 0 saturated carbocycles. The molecular weight excluding hydrogens is 239 g/mol. The van der Waals surface area contributed by atoms with Crippen molar-refractivity contribution in [2.24, 2.45) is 0 Å². The standard InChI is InChI=1S/C11H9FN4O2/c1-6-7(3-2-4-8(6)12)10-9(16(17)18)5-14-11(13)15-10/h2-5H,1H3,(H2,13,14,15). The molecule has 0 radical (unpaired) electrons. The summed E-state index contributed by atoms with van der Waals surface area (Å²) in [6.07, 6.45) is 1.02. The van der Waals surface area contributed by atoms with Crippen LogP contribution < -0.4 is 5.73 Å². The van der Waals surface area contributed by atoms with Crippen molar-refractivity contribution < 1.29 is 9.31 Å². The Bertz CT molecular complexity index is 630. The number of anilines is 1. The monoisotopic (exact) mass is 248 g/mol. The number of rotatable bonds is 2. The summed E-state index contributed by atoms with van der Waals surface area (Å²) in [5, 5.41) is 10.9. The van der Waals surface area contributed by atoms with E-state index in [9.17, 15) is 14.5 Å². The average molecular weight is 248 g/mol. The van der Waals surface area contributed by atoms with E-state index in [1.54, 1.807) is 6.07 Å². The summed E-state index contributed by atoms with van der Waals surface area (Å²) >= 11 is 0. The van der Waals surface area contributed by atoms with E-state index in [1.165, 1.54) is 19.1 Å². The first-order valence-corrected chi connectivity index (χ1v) is 5.03. The van der Waals surface area contributed by atoms with E-state index < -0.39 is 10.7 Å². The molecule has 0 aliphatic carbocycles. The van der Waals surface area contributed by atoms with Crippen molar-refractivity contribution in [3.63, 3.8) is 0 Å². The predicted molar refractivity (Wildman–Crippen MR) is 63.2 cm³/mol. The van der Waals surface area contributed by atoms with Crippen LogP contribution in [0.1, 0.15) is 5.56 Å². The van der Waals surface area contributed by atoms with Crippen molar-refractivity contribution >= 4 is 11.6 Å². The second-order valence-corrected chi connectivity index (χ2v) is 3.63. The molecule has 1 heterocycles. The van der Waals surface area contributed by atoms with Crippen LogP contribution in [0.25, 0.3) is 11.3 Å². The molecule has 2 aromatic rings. The Morgan fingerprint density at radius 1 is 1.44 bits per heavy atom. The Morgan fingerprint density at radius 2 is 2.17 bits per heavy atom. The molecule has 0 aliphatic rings. The van der Waals surface area contributed by atoms with Gasteiger partial charge in [-0.25, -0.2) is 14.4 Å². The summed E-state index contributed by atoms with van der Waals surface area (Å²) < 4.78 is 13.5. The van der Waals surface area contributed by atoms with Gasteiger partial charge in [0.25, 0.3) is 0 Å². The molecule has 92 valence electrons. The zero-order valence-corrected chi connectivity index (χ0v) is 9.42. The Labute approximate surface area is 101 Å². The van der Waals surface area contributed by atoms with Crippen molar-refractivity contribution in [1.82, 2.24) is 9.97 Å². The molecule has 0 bridgehead atoms. The molecule has 2 rings (SSSR count). The van der Waals surface area contributed by atoms with E-state index in [0.717, 1.165) is 6.20 Å². The van der Waals surface area contributed by atoms with Crippen molar-refractivity contribution in [3.05, 3.63) is 45.9 Å². The van der Waals surface area contributed by atoms with Gasteiger partial charge in [0.1, 0.15) is 12.0 Å². The molecule has 7 heteroatoms. The molecule has 0 spiro atoms. The van der Waals surface area contributed by atoms with Crippen LogP contribution >= 0.6 is 0 Å². The first kappa shape index (κ1) is 11.9. The van der Waals surface area contributed by atoms with Gasteiger partial charge in [0.15, 0.2) is 5.69 Å². The van der Waals surface area contributed by atoms with Crippen molar-refractivity contribution in [2.75, 3.05) is 5.73 Å². The summed E-state index contributed by atoms with van der Waals surface area (Å²) in [6, 6.07) is 4.28. The number of nitrogens with two attached hydrogens (primary N) is 1. The lowest BCUT2D eigenvalue weighted by Gasteiger charge is -2.06. The van der Waals surface area contributed by atoms with Crippen molar-refractivity contribution in [3.8, 4) is 11.3 Å². The van der Waals surface area contributed by atoms with Gasteiger partial charge in [0.2, 0.25) is 5.95 Å². The van der Waals surface area contributed by atoms with E-state index in [-0.39, 0.29) is 22.9 Å². The second-order valence-electron chi connectivity index (χ2n) is 3.63. The van der Waals surface area contributed by atoms with Crippen molar-refractivity contribution in [1.29, 1.82) is 0 Å². The molecule has 18 heavy (non-hydrogen) atoms. The number of halogens is 1. The SMILES string of the molecule is Cc1c(F)cccc1-c1nc(N)ncc1[N+](=O)[O-]. The maximum absolute atomic E-state index is 13.5. The van der Waals surface area contributed by atoms with Crippen LogP contribution in [-0.4, -0.2) is 14.9 Å². The van der Waals surface area contributed by atoms with Crippen LogP contribution in [0.3, 0.4) is 0 Å². The van der Waals surface area contributed by atoms with Crippen LogP contribution in [0.5, 0.6) is 0 Å². The van der Waals surface area contributed by atoms with E-state index >= 15 is 0 Å². The van der Waals surface area contributed by atoms with E-state index in [2.05, 4.69) is 9.97 Å². The molecule has 1 aromatic heterocycles. The quantitative estimate of drug-likeness (QED) is 0.648. The van der Waals surface area contributed by atoms with Crippen LogP contribution in [0.4, 0.5) is 16.0 Å². The predicted octanol–water partition coefficient (Wildman–Crippen LogP) is 2.08. The minimum absolute atomic E-state index is 0.0181. The summed E-state index contributed by atoms with van der Waals surface area (Å²) in [5.41, 5.74) is 5.73. The van der Waals surface area contributed by atoms with Crippen LogP contribution in [-0.2, 0) is 0 Å². The van der Waals surface area contributed by atoms with Gasteiger partial charge in [-0.05, 0) is 18.6 Å². The third kappa shape index (κ3) is 1.97. The average Bonchev–Trinajstić information content (AvgIpc) is 2.32. The highest BCUT2D eigenvalue weighted by Crippen LogP contribution is 2.30. The molecule has 0 amide bonds. The highest BCUT2D eigenvalue weighted by Gasteiger charge is 2.20. The van der Waals surface area contributed by atoms with Gasteiger partial charge in [-0.3, -0.25) is 10.1 Å². The molecule has 0 fully saturated rings. The van der Waals surface area contributed by atoms with Crippen LogP contribution in [0, 0.1) is 22.9 Å². The smallest absolute Gasteiger partial charge is 0.313 e. The zero-order valence-electron chi connectivity index (χ0n) is 9.42. The fourth-order valence-corrected chi connectivity index (χ4v) is 1.58. The van der Waals surface area contributed by atoms with E-state index in [1.807, 2.05) is 0 Å². The summed E-state index contributed by atoms with van der Waals surface area (Å²) in [4.78, 5) is 17.7. The number of aromatic nitrogens is 2. The third-order valence-electron chi connectivity index (χ3n) is 2.51. The largest absolute Gasteiger partial charge is 0.368 e. The van der Waals surface area contributed by atoms with E-state index in [0.29, 0.717) is 5.56 Å². The van der Waals surface area contributed by atoms with Crippen LogP contribution in [0.2, 0.25) is 0 Å². The van der Waals surface area contributed by atoms with Crippen molar-refractivity contribution in [2.45, 2.75) is 6.92 Å². The fourth-order valence-electron chi connectivity index (χ4n) is 1.58. The molecule has 1 aromatic carbocycles. The minimum Gasteiger partial charge on any atom is -0.368 e. The number of hydrogen-bond acceptors (Lipinski definition) is 5. The fraction of sp³-hybridized carbons (Fsp3) is 0.0909. The molecule has 2 N–H and O–H groups in total. The van der Waals surface area contributed by atoms with Gasteiger partial charge in [-0.15, -0.1) is 0 Å². The topological polar surface area (TPSA) is 94.9 Å². The lowest BCUT2D eigenvalue weighted by atomic mass is 10.0. The van der Waals surface area contributed by atoms with Gasteiger partial charge in [-0.2, -0.15) is 0 Å². The van der Waals surface area contributed by atoms with Gasteiger partial charge < -0.3 is 5.73 Å². The summed E-state index contributed by atoms with van der Waals surface area (Å²) in [5.74, 6) is -0.557. The second kappa shape index (κ2) is 4.36. The number of nitrogens with zero attached hydrogens (tertiary/aromatic N) is 3. The molecule has 0 atom stereocenters. The minimum atomic E-state index is -0.626. The Balaban J connectivity index is 2.73. The van der Waals surface area contributed by atoms with Gasteiger partial charge >= 0.3 is 5.69 Å². The third-order valence-corrected chi connectivity index (χ3v) is 2.51. The lowest BCUT2D eigenvalue weighted by Crippen LogP contribution is -2.02. The zero-order chi connectivity index (χ0) is 13.3. The first-order valence-electron chi connectivity index (χ1n) is 5.03. The maximum Gasteiger partial charge on any atom is 0.313 e. The maximum atomic E-state index is 13.5. The first-order chi connectivity index (χ1) is 8.50. The molecular formula is C11H9FN4O2. The molecule has 0 saturated heterocycles. The highest BCUT2D eigenvalue weighted by molar-refractivity contribution is 5.72. The normalized spacial score (nSPS) is 10.3. The number of hydrogen-bond donors (Lipinski definition) is 1. The Hall–Kier alpha value is -2.57. The lowest BCUT2D eigenvalue weighted by molar-refractivity contribution is -0.384. The van der Waals surface area contributed by atoms with Gasteiger partial charge in [-0.1, -0.05) is 12.1 Å². The number of benzene rings is 1. The Kier molecular flexibility index (Phi) is 2.88. The molecule has 0 unspecified atom stereocenters. The highest BCUT2D eigenvalue weighted by atomic mass is 19.1. The number of nitro groups is 1. The molecule has 0 aliphatic heterocycles. The summed E-state index contributed by atoms with van der Waals surface area (Å²) in [6.45, 7) is 1.52. The van der Waals surface area contributed by atoms with Gasteiger partial charge in [0, 0.05) is 5.56 Å². The number of nitrogen functional groups attached to an aromatic ring is 1. The molecule has 6 nitrogen and oxygen atoms in total. The van der Waals surface area contributed by atoms with E-state index in [4.69, 9.17) is 5.73 Å². The van der Waals surface area contributed by atoms with Crippen LogP contribution in [0.15, 0.2) is 24.4 Å². The summed E-state index contributed by atoms with van der Waals surface area (Å²) in [7, 11) is 0. The Morgan fingerprint density at radius 3 is 2.83 bits per heavy atom. The van der Waals surface area contributed by atoms with Gasteiger partial charge in [0.05, 0.1) is 4.92 Å².